The number of amides is 1. The molecule has 1 heterocycles. The topological polar surface area (TPSA) is 50.2 Å². The van der Waals surface area contributed by atoms with Gasteiger partial charge in [-0.3, -0.25) is 4.79 Å². The van der Waals surface area contributed by atoms with Gasteiger partial charge in [0.15, 0.2) is 0 Å². The maximum absolute atomic E-state index is 15.1. The van der Waals surface area contributed by atoms with Crippen molar-refractivity contribution in [1.82, 2.24) is 9.55 Å². The van der Waals surface area contributed by atoms with E-state index < -0.39 is 5.92 Å². The smallest absolute Gasteiger partial charge is 0.273 e. The summed E-state index contributed by atoms with van der Waals surface area (Å²) < 4.78 is 35.4. The molecule has 0 fully saturated rings. The van der Waals surface area contributed by atoms with E-state index in [2.05, 4.69) is 9.71 Å². The van der Waals surface area contributed by atoms with E-state index in [1.54, 1.807) is 23.2 Å². The second kappa shape index (κ2) is 11.8. The summed E-state index contributed by atoms with van der Waals surface area (Å²) in [4.78, 5) is 19.9. The molecule has 1 aromatic heterocycles. The third-order valence-corrected chi connectivity index (χ3v) is 8.64. The molecule has 1 aliphatic rings. The summed E-state index contributed by atoms with van der Waals surface area (Å²) >= 11 is 1.44. The molecule has 1 aliphatic carbocycles. The fourth-order valence-corrected chi connectivity index (χ4v) is 6.14. The van der Waals surface area contributed by atoms with Crippen molar-refractivity contribution in [3.63, 3.8) is 0 Å². The van der Waals surface area contributed by atoms with Crippen molar-refractivity contribution < 1.29 is 13.6 Å². The Hall–Kier alpha value is -3.65. The molecule has 0 saturated heterocycles. The molecule has 2 atom stereocenters. The van der Waals surface area contributed by atoms with E-state index in [4.69, 9.17) is 0 Å². The molecule has 4 aromatic rings. The number of hydrogen-bond acceptors (Lipinski definition) is 4. The number of imidazole rings is 1. The van der Waals surface area contributed by atoms with Gasteiger partial charge in [-0.05, 0) is 72.2 Å². The highest BCUT2D eigenvalue weighted by Gasteiger charge is 2.41. The van der Waals surface area contributed by atoms with Crippen LogP contribution in [0.4, 0.5) is 20.2 Å². The average molecular weight is 561 g/mol. The van der Waals surface area contributed by atoms with Crippen molar-refractivity contribution in [1.29, 1.82) is 0 Å². The number of hydrogen-bond donors (Lipinski definition) is 1. The third kappa shape index (κ3) is 6.22. The zero-order valence-corrected chi connectivity index (χ0v) is 23.8. The Bertz CT molecular complexity index is 1470. The average Bonchev–Trinajstić information content (AvgIpc) is 3.35. The van der Waals surface area contributed by atoms with Crippen molar-refractivity contribution in [2.75, 3.05) is 9.62 Å². The lowest BCUT2D eigenvalue weighted by molar-refractivity contribution is -0.119. The molecule has 208 valence electrons. The second-order valence-electron chi connectivity index (χ2n) is 10.5. The van der Waals surface area contributed by atoms with Crippen LogP contribution in [0.3, 0.4) is 0 Å². The molecule has 1 amide bonds. The number of halogens is 2. The predicted octanol–water partition coefficient (Wildman–Crippen LogP) is 8.14. The molecule has 40 heavy (non-hydrogen) atoms. The lowest BCUT2D eigenvalue weighted by Gasteiger charge is -2.33. The van der Waals surface area contributed by atoms with Gasteiger partial charge in [0.05, 0.1) is 11.8 Å². The maximum atomic E-state index is 15.1. The Morgan fingerprint density at radius 3 is 2.67 bits per heavy atom. The first-order valence-corrected chi connectivity index (χ1v) is 14.4. The molecule has 5 nitrogen and oxygen atoms in total. The van der Waals surface area contributed by atoms with E-state index in [0.29, 0.717) is 17.7 Å². The Balaban J connectivity index is 1.46. The number of carbonyl (C=O) groups is 1. The van der Waals surface area contributed by atoms with Crippen molar-refractivity contribution in [2.24, 2.45) is 7.05 Å². The van der Waals surface area contributed by atoms with E-state index in [-0.39, 0.29) is 42.0 Å². The zero-order valence-electron chi connectivity index (χ0n) is 23.0. The number of fused-ring (bicyclic) bond motifs is 1. The van der Waals surface area contributed by atoms with Gasteiger partial charge in [0.1, 0.15) is 5.82 Å². The summed E-state index contributed by atoms with van der Waals surface area (Å²) in [5.74, 6) is -2.27. The van der Waals surface area contributed by atoms with Crippen molar-refractivity contribution >= 4 is 29.2 Å². The number of rotatable bonds is 9. The fourth-order valence-electron chi connectivity index (χ4n) is 5.18. The van der Waals surface area contributed by atoms with Crippen molar-refractivity contribution in [2.45, 2.75) is 56.7 Å². The van der Waals surface area contributed by atoms with Gasteiger partial charge in [-0.2, -0.15) is 0 Å². The van der Waals surface area contributed by atoms with Gasteiger partial charge in [0.2, 0.25) is 5.91 Å². The van der Waals surface area contributed by atoms with Crippen molar-refractivity contribution in [3.05, 3.63) is 113 Å². The highest BCUT2D eigenvalue weighted by Crippen LogP contribution is 2.50. The number of nitrogens with one attached hydrogen (secondary N) is 1. The lowest BCUT2D eigenvalue weighted by atomic mass is 9.87. The zero-order chi connectivity index (χ0) is 28.3. The van der Waals surface area contributed by atoms with Crippen LogP contribution in [-0.2, 0) is 24.3 Å². The molecule has 5 rings (SSSR count). The SMILES string of the molecule is Cc1cccc(NSC2CCC(F)(F)c3ccc(N(Cc4nccn4C)C(=O)CC(C)c4ccccc4)cc32)c1. The normalized spacial score (nSPS) is 16.7. The van der Waals surface area contributed by atoms with Gasteiger partial charge in [-0.1, -0.05) is 55.5 Å². The van der Waals surface area contributed by atoms with Crippen LogP contribution < -0.4 is 9.62 Å². The number of anilines is 2. The van der Waals surface area contributed by atoms with Gasteiger partial charge in [-0.25, -0.2) is 13.8 Å². The predicted molar refractivity (Wildman–Crippen MR) is 159 cm³/mol. The molecule has 3 aromatic carbocycles. The molecular formula is C32H34F2N4OS. The van der Waals surface area contributed by atoms with Crippen LogP contribution in [0.5, 0.6) is 0 Å². The highest BCUT2D eigenvalue weighted by molar-refractivity contribution is 8.00. The minimum absolute atomic E-state index is 0.00126. The summed E-state index contributed by atoms with van der Waals surface area (Å²) in [6.45, 7) is 4.30. The van der Waals surface area contributed by atoms with Crippen LogP contribution in [-0.4, -0.2) is 15.5 Å². The second-order valence-corrected chi connectivity index (χ2v) is 11.6. The van der Waals surface area contributed by atoms with Gasteiger partial charge in [-0.15, -0.1) is 0 Å². The summed E-state index contributed by atoms with van der Waals surface area (Å²) in [5.41, 5.74) is 4.33. The number of carbonyl (C=O) groups excluding carboxylic acids is 1. The Kier molecular flexibility index (Phi) is 8.26. The fraction of sp³-hybridized carbons (Fsp3) is 0.312. The van der Waals surface area contributed by atoms with E-state index in [1.165, 1.54) is 18.0 Å². The first-order chi connectivity index (χ1) is 19.2. The molecule has 1 N–H and O–H groups in total. The van der Waals surface area contributed by atoms with Gasteiger partial charge >= 0.3 is 0 Å². The minimum Gasteiger partial charge on any atom is -0.337 e. The molecule has 0 bridgehead atoms. The van der Waals surface area contributed by atoms with Crippen LogP contribution in [0.25, 0.3) is 0 Å². The number of alkyl halides is 2. The lowest BCUT2D eigenvalue weighted by Crippen LogP contribution is -2.33. The number of benzene rings is 3. The summed E-state index contributed by atoms with van der Waals surface area (Å²) in [5, 5.41) is -0.191. The van der Waals surface area contributed by atoms with E-state index in [9.17, 15) is 4.79 Å². The minimum atomic E-state index is -2.91. The molecule has 0 saturated carbocycles. The Labute approximate surface area is 238 Å². The van der Waals surface area contributed by atoms with Crippen LogP contribution in [0.1, 0.15) is 65.4 Å². The Morgan fingerprint density at radius 2 is 1.95 bits per heavy atom. The van der Waals surface area contributed by atoms with Crippen LogP contribution in [0.2, 0.25) is 0 Å². The van der Waals surface area contributed by atoms with Crippen LogP contribution in [0, 0.1) is 6.92 Å². The highest BCUT2D eigenvalue weighted by atomic mass is 32.2. The molecule has 0 aliphatic heterocycles. The maximum Gasteiger partial charge on any atom is 0.273 e. The van der Waals surface area contributed by atoms with Crippen LogP contribution >= 0.6 is 11.9 Å². The Morgan fingerprint density at radius 1 is 1.15 bits per heavy atom. The third-order valence-electron chi connectivity index (χ3n) is 7.52. The van der Waals surface area contributed by atoms with E-state index >= 15 is 8.78 Å². The number of aromatic nitrogens is 2. The molecule has 8 heteroatoms. The largest absolute Gasteiger partial charge is 0.337 e. The quantitative estimate of drug-likeness (QED) is 0.210. The van der Waals surface area contributed by atoms with Gasteiger partial charge in [0, 0.05) is 49.2 Å². The molecular weight excluding hydrogens is 526 g/mol. The number of aryl methyl sites for hydroxylation is 2. The van der Waals surface area contributed by atoms with Crippen molar-refractivity contribution in [3.8, 4) is 0 Å². The molecule has 0 radical (unpaired) electrons. The molecule has 2 unspecified atom stereocenters. The number of nitrogens with zero attached hydrogens (tertiary/aromatic N) is 3. The summed E-state index contributed by atoms with van der Waals surface area (Å²) in [7, 11) is 1.88. The molecule has 0 spiro atoms. The van der Waals surface area contributed by atoms with E-state index in [0.717, 1.165) is 22.6 Å². The monoisotopic (exact) mass is 560 g/mol. The standard InChI is InChI=1S/C32H34F2N4OS/c1-22-8-7-11-25(18-22)36-40-29-14-15-32(33,34)28-13-12-26(20-27(28)29)38(21-30-35-16-17-37(30)3)31(39)19-23(2)24-9-5-4-6-10-24/h4-13,16-18,20,23,29,36H,14-15,19,21H2,1-3H3. The van der Waals surface area contributed by atoms with E-state index in [1.807, 2.05) is 86.3 Å². The van der Waals surface area contributed by atoms with Gasteiger partial charge in [0.25, 0.3) is 5.92 Å². The summed E-state index contributed by atoms with van der Waals surface area (Å²) in [6.07, 6.45) is 3.93. The summed E-state index contributed by atoms with van der Waals surface area (Å²) in [6, 6.07) is 22.9. The van der Waals surface area contributed by atoms with Gasteiger partial charge < -0.3 is 14.2 Å². The first-order valence-electron chi connectivity index (χ1n) is 13.5. The van der Waals surface area contributed by atoms with Crippen LogP contribution in [0.15, 0.2) is 85.2 Å². The first kappa shape index (κ1) is 27.9.